The maximum atomic E-state index is 13.2. The smallest absolute Gasteiger partial charge is 0.261 e. The second kappa shape index (κ2) is 12.5. The summed E-state index contributed by atoms with van der Waals surface area (Å²) < 4.78 is 6.71. The van der Waals surface area contributed by atoms with Crippen LogP contribution in [0.1, 0.15) is 44.7 Å². The van der Waals surface area contributed by atoms with E-state index in [1.807, 2.05) is 39.8 Å². The lowest BCUT2D eigenvalue weighted by atomic mass is 10.1. The van der Waals surface area contributed by atoms with Crippen molar-refractivity contribution in [3.8, 4) is 5.75 Å². The van der Waals surface area contributed by atoms with Gasteiger partial charge in [0.05, 0.1) is 10.0 Å². The maximum absolute atomic E-state index is 13.2. The van der Waals surface area contributed by atoms with Crippen LogP contribution in [0.5, 0.6) is 5.75 Å². The zero-order valence-corrected chi connectivity index (χ0v) is 21.9. The van der Waals surface area contributed by atoms with Gasteiger partial charge >= 0.3 is 0 Å². The number of carbonyl (C=O) groups excluding carboxylic acids is 2. The molecule has 32 heavy (non-hydrogen) atoms. The topological polar surface area (TPSA) is 58.6 Å². The molecule has 8 heteroatoms. The molecule has 0 saturated carbocycles. The Morgan fingerprint density at radius 3 is 2.41 bits per heavy atom. The predicted octanol–water partition coefficient (Wildman–Crippen LogP) is 6.17. The first-order chi connectivity index (χ1) is 15.2. The minimum atomic E-state index is -0.638. The molecule has 5 nitrogen and oxygen atoms in total. The molecule has 2 aromatic carbocycles. The number of carbonyl (C=O) groups is 2. The molecule has 0 radical (unpaired) electrons. The van der Waals surface area contributed by atoms with Gasteiger partial charge in [0.2, 0.25) is 5.91 Å². The van der Waals surface area contributed by atoms with Gasteiger partial charge in [-0.1, -0.05) is 59.0 Å². The summed E-state index contributed by atoms with van der Waals surface area (Å²) in [6.07, 6.45) is 1.27. The number of nitrogens with zero attached hydrogens (tertiary/aromatic N) is 1. The Balaban J connectivity index is 2.25. The minimum Gasteiger partial charge on any atom is -0.484 e. The van der Waals surface area contributed by atoms with E-state index >= 15 is 0 Å². The molecule has 0 aliphatic rings. The van der Waals surface area contributed by atoms with Gasteiger partial charge in [-0.2, -0.15) is 0 Å². The van der Waals surface area contributed by atoms with Crippen LogP contribution in [-0.2, 0) is 16.1 Å². The highest BCUT2D eigenvalue weighted by Crippen LogP contribution is 2.25. The summed E-state index contributed by atoms with van der Waals surface area (Å²) in [5.74, 6) is 0.114. The number of rotatable bonds is 10. The number of benzene rings is 2. The largest absolute Gasteiger partial charge is 0.484 e. The van der Waals surface area contributed by atoms with E-state index in [0.29, 0.717) is 22.2 Å². The highest BCUT2D eigenvalue weighted by Gasteiger charge is 2.29. The molecule has 0 aromatic heterocycles. The Hall–Kier alpha value is -1.76. The van der Waals surface area contributed by atoms with E-state index in [2.05, 4.69) is 21.2 Å². The SMILES string of the molecule is CC[C@@H](C)NC(=O)[C@H](CC)N(Cc1ccc(Cl)c(Cl)c1)C(=O)COc1ccc(Br)c(C)c1. The lowest BCUT2D eigenvalue weighted by Gasteiger charge is -2.31. The number of hydrogen-bond donors (Lipinski definition) is 1. The summed E-state index contributed by atoms with van der Waals surface area (Å²) in [6.45, 7) is 7.80. The molecular weight excluding hydrogens is 515 g/mol. The van der Waals surface area contributed by atoms with Crippen molar-refractivity contribution in [3.05, 3.63) is 62.0 Å². The normalized spacial score (nSPS) is 12.7. The Morgan fingerprint density at radius 2 is 1.81 bits per heavy atom. The summed E-state index contributed by atoms with van der Waals surface area (Å²) in [6, 6.07) is 10.1. The van der Waals surface area contributed by atoms with E-state index in [9.17, 15) is 9.59 Å². The number of aryl methyl sites for hydroxylation is 1. The van der Waals surface area contributed by atoms with Gasteiger partial charge < -0.3 is 15.0 Å². The summed E-state index contributed by atoms with van der Waals surface area (Å²) in [5, 5.41) is 3.82. The van der Waals surface area contributed by atoms with Gasteiger partial charge in [0.25, 0.3) is 5.91 Å². The van der Waals surface area contributed by atoms with Crippen molar-refractivity contribution in [1.82, 2.24) is 10.2 Å². The standard InChI is InChI=1S/C24H29BrCl2N2O3/c1-5-16(4)28-24(31)22(6-2)29(13-17-7-10-20(26)21(27)12-17)23(30)14-32-18-8-9-19(25)15(3)11-18/h7-12,16,22H,5-6,13-14H2,1-4H3,(H,28,31)/t16-,22+/m1/s1. The fourth-order valence-electron chi connectivity index (χ4n) is 3.13. The Bertz CT molecular complexity index is 955. The molecule has 1 N–H and O–H groups in total. The van der Waals surface area contributed by atoms with Crippen molar-refractivity contribution in [2.24, 2.45) is 0 Å². The van der Waals surface area contributed by atoms with Gasteiger partial charge in [-0.25, -0.2) is 0 Å². The monoisotopic (exact) mass is 542 g/mol. The molecule has 2 amide bonds. The fourth-order valence-corrected chi connectivity index (χ4v) is 3.70. The van der Waals surface area contributed by atoms with Crippen molar-refractivity contribution in [2.45, 2.75) is 59.2 Å². The van der Waals surface area contributed by atoms with E-state index in [4.69, 9.17) is 27.9 Å². The van der Waals surface area contributed by atoms with Crippen LogP contribution in [0, 0.1) is 6.92 Å². The molecule has 0 bridgehead atoms. The van der Waals surface area contributed by atoms with Crippen LogP contribution < -0.4 is 10.1 Å². The van der Waals surface area contributed by atoms with Crippen molar-refractivity contribution in [2.75, 3.05) is 6.61 Å². The molecule has 2 rings (SSSR count). The molecule has 0 heterocycles. The molecule has 2 aromatic rings. The quantitative estimate of drug-likeness (QED) is 0.390. The third-order valence-electron chi connectivity index (χ3n) is 5.22. The van der Waals surface area contributed by atoms with Gasteiger partial charge in [-0.05, 0) is 68.1 Å². The molecular formula is C24H29BrCl2N2O3. The average molecular weight is 544 g/mol. The summed E-state index contributed by atoms with van der Waals surface area (Å²) >= 11 is 15.7. The molecule has 0 aliphatic heterocycles. The van der Waals surface area contributed by atoms with Gasteiger partial charge in [-0.15, -0.1) is 0 Å². The van der Waals surface area contributed by atoms with Crippen LogP contribution in [-0.4, -0.2) is 35.4 Å². The number of amides is 2. The van der Waals surface area contributed by atoms with E-state index in [1.54, 1.807) is 29.2 Å². The first kappa shape index (κ1) is 26.5. The van der Waals surface area contributed by atoms with Crippen LogP contribution in [0.2, 0.25) is 10.0 Å². The van der Waals surface area contributed by atoms with E-state index in [1.165, 1.54) is 0 Å². The minimum absolute atomic E-state index is 0.0143. The highest BCUT2D eigenvalue weighted by atomic mass is 79.9. The third kappa shape index (κ3) is 7.39. The first-order valence-corrected chi connectivity index (χ1v) is 12.1. The van der Waals surface area contributed by atoms with Crippen LogP contribution in [0.4, 0.5) is 0 Å². The second-order valence-corrected chi connectivity index (χ2v) is 9.38. The molecule has 0 saturated heterocycles. The molecule has 0 spiro atoms. The highest BCUT2D eigenvalue weighted by molar-refractivity contribution is 9.10. The maximum Gasteiger partial charge on any atom is 0.261 e. The third-order valence-corrected chi connectivity index (χ3v) is 6.84. The molecule has 0 aliphatic carbocycles. The number of ether oxygens (including phenoxy) is 1. The lowest BCUT2D eigenvalue weighted by Crippen LogP contribution is -2.51. The Kier molecular flexibility index (Phi) is 10.3. The van der Waals surface area contributed by atoms with Gasteiger partial charge in [0.1, 0.15) is 11.8 Å². The Morgan fingerprint density at radius 1 is 1.09 bits per heavy atom. The summed E-state index contributed by atoms with van der Waals surface area (Å²) in [4.78, 5) is 27.7. The van der Waals surface area contributed by atoms with Crippen molar-refractivity contribution >= 4 is 50.9 Å². The summed E-state index contributed by atoms with van der Waals surface area (Å²) in [5.41, 5.74) is 1.78. The van der Waals surface area contributed by atoms with Gasteiger partial charge in [0, 0.05) is 17.1 Å². The Labute approximate surface area is 208 Å². The zero-order valence-electron chi connectivity index (χ0n) is 18.8. The van der Waals surface area contributed by atoms with Crippen LogP contribution in [0.15, 0.2) is 40.9 Å². The van der Waals surface area contributed by atoms with Gasteiger partial charge in [0.15, 0.2) is 6.61 Å². The average Bonchev–Trinajstić information content (AvgIpc) is 2.76. The summed E-state index contributed by atoms with van der Waals surface area (Å²) in [7, 11) is 0. The fraction of sp³-hybridized carbons (Fsp3) is 0.417. The van der Waals surface area contributed by atoms with Crippen molar-refractivity contribution in [1.29, 1.82) is 0 Å². The predicted molar refractivity (Wildman–Crippen MR) is 133 cm³/mol. The lowest BCUT2D eigenvalue weighted by molar-refractivity contribution is -0.143. The van der Waals surface area contributed by atoms with E-state index < -0.39 is 6.04 Å². The van der Waals surface area contributed by atoms with Gasteiger partial charge in [-0.3, -0.25) is 9.59 Å². The number of halogens is 3. The molecule has 0 unspecified atom stereocenters. The van der Waals surface area contributed by atoms with E-state index in [-0.39, 0.29) is 31.0 Å². The zero-order chi connectivity index (χ0) is 23.8. The second-order valence-electron chi connectivity index (χ2n) is 7.71. The van der Waals surface area contributed by atoms with E-state index in [0.717, 1.165) is 22.0 Å². The number of hydrogen-bond acceptors (Lipinski definition) is 3. The molecule has 2 atom stereocenters. The van der Waals surface area contributed by atoms with Crippen LogP contribution in [0.25, 0.3) is 0 Å². The molecule has 174 valence electrons. The first-order valence-electron chi connectivity index (χ1n) is 10.6. The van der Waals surface area contributed by atoms with Crippen molar-refractivity contribution in [3.63, 3.8) is 0 Å². The van der Waals surface area contributed by atoms with Crippen LogP contribution >= 0.6 is 39.1 Å². The number of nitrogens with one attached hydrogen (secondary N) is 1. The molecule has 0 fully saturated rings. The van der Waals surface area contributed by atoms with Crippen molar-refractivity contribution < 1.29 is 14.3 Å². The van der Waals surface area contributed by atoms with Crippen LogP contribution in [0.3, 0.4) is 0 Å².